The number of carbonyl (C=O) groups is 2. The number of hydrogen-bond donors (Lipinski definition) is 1. The number of esters is 1. The fourth-order valence-electron chi connectivity index (χ4n) is 4.14. The van der Waals surface area contributed by atoms with Gasteiger partial charge in [-0.3, -0.25) is 4.79 Å². The molecular weight excluding hydrogens is 470 g/mol. The van der Waals surface area contributed by atoms with E-state index in [0.29, 0.717) is 46.0 Å². The van der Waals surface area contributed by atoms with Crippen molar-refractivity contribution in [2.24, 2.45) is 0 Å². The highest BCUT2D eigenvalue weighted by Crippen LogP contribution is 2.31. The second-order valence-corrected chi connectivity index (χ2v) is 8.75. The van der Waals surface area contributed by atoms with Gasteiger partial charge in [-0.25, -0.2) is 14.8 Å². The monoisotopic (exact) mass is 495 g/mol. The van der Waals surface area contributed by atoms with Crippen LogP contribution < -0.4 is 5.32 Å². The van der Waals surface area contributed by atoms with Crippen LogP contribution in [-0.2, 0) is 9.53 Å². The zero-order valence-corrected chi connectivity index (χ0v) is 20.6. The molecule has 8 nitrogen and oxygen atoms in total. The molecule has 0 saturated heterocycles. The third kappa shape index (κ3) is 5.13. The third-order valence-corrected chi connectivity index (χ3v) is 5.81. The smallest absolute Gasteiger partial charge is 0.338 e. The van der Waals surface area contributed by atoms with E-state index >= 15 is 0 Å². The lowest BCUT2D eigenvalue weighted by Gasteiger charge is -2.17. The molecule has 0 aliphatic heterocycles. The first-order chi connectivity index (χ1) is 17.9. The van der Waals surface area contributed by atoms with Crippen LogP contribution in [0.2, 0.25) is 0 Å². The Kier molecular flexibility index (Phi) is 6.55. The van der Waals surface area contributed by atoms with E-state index in [2.05, 4.69) is 5.32 Å². The summed E-state index contributed by atoms with van der Waals surface area (Å²) in [5.74, 6) is 0.0539. The zero-order chi connectivity index (χ0) is 25.9. The van der Waals surface area contributed by atoms with E-state index in [1.165, 1.54) is 0 Å². The summed E-state index contributed by atoms with van der Waals surface area (Å²) in [6, 6.07) is 17.7. The number of hydrogen-bond acceptors (Lipinski definition) is 7. The summed E-state index contributed by atoms with van der Waals surface area (Å²) < 4.78 is 16.7. The molecule has 1 amide bonds. The Labute approximate surface area is 213 Å². The Morgan fingerprint density at radius 1 is 0.865 bits per heavy atom. The van der Waals surface area contributed by atoms with Crippen LogP contribution in [0.4, 0.5) is 5.69 Å². The first-order valence-corrected chi connectivity index (χ1v) is 11.9. The summed E-state index contributed by atoms with van der Waals surface area (Å²) >= 11 is 0. The molecule has 3 heterocycles. The highest BCUT2D eigenvalue weighted by molar-refractivity contribution is 5.99. The van der Waals surface area contributed by atoms with Crippen molar-refractivity contribution in [1.29, 1.82) is 0 Å². The Bertz CT molecular complexity index is 1550. The predicted octanol–water partition coefficient (Wildman–Crippen LogP) is 6.34. The standard InChI is InChI=1S/C29H25N3O5/c1-4-23(28(33)30-20-14-17(2)13-18(3)15-20)37-29(34)19-9-10-21-22(16-19)32-27(25-8-6-12-36-25)26(31-21)24-7-5-11-35-24/h5-16,23H,4H2,1-3H3,(H,30,33). The molecule has 2 aromatic carbocycles. The molecule has 1 unspecified atom stereocenters. The second kappa shape index (κ2) is 10.1. The lowest BCUT2D eigenvalue weighted by Crippen LogP contribution is -2.32. The summed E-state index contributed by atoms with van der Waals surface area (Å²) in [4.78, 5) is 35.3. The first kappa shape index (κ1) is 24.0. The maximum atomic E-state index is 13.0. The third-order valence-electron chi connectivity index (χ3n) is 5.81. The summed E-state index contributed by atoms with van der Waals surface area (Å²) in [5.41, 5.74) is 5.03. The normalized spacial score (nSPS) is 11.9. The molecule has 0 radical (unpaired) electrons. The summed E-state index contributed by atoms with van der Waals surface area (Å²) in [6.45, 7) is 5.70. The van der Waals surface area contributed by atoms with E-state index in [1.54, 1.807) is 61.9 Å². The molecule has 0 spiro atoms. The number of rotatable bonds is 7. The van der Waals surface area contributed by atoms with Gasteiger partial charge in [0.2, 0.25) is 0 Å². The number of amides is 1. The number of ether oxygens (including phenoxy) is 1. The average molecular weight is 496 g/mol. The van der Waals surface area contributed by atoms with Crippen molar-refractivity contribution in [2.45, 2.75) is 33.3 Å². The molecule has 1 N–H and O–H groups in total. The van der Waals surface area contributed by atoms with E-state index < -0.39 is 12.1 Å². The fraction of sp³-hybridized carbons (Fsp3) is 0.172. The summed E-state index contributed by atoms with van der Waals surface area (Å²) in [5, 5.41) is 2.85. The Hall–Kier alpha value is -4.72. The van der Waals surface area contributed by atoms with Gasteiger partial charge in [-0.1, -0.05) is 13.0 Å². The highest BCUT2D eigenvalue weighted by atomic mass is 16.5. The maximum Gasteiger partial charge on any atom is 0.338 e. The zero-order valence-electron chi connectivity index (χ0n) is 20.6. The van der Waals surface area contributed by atoms with Crippen molar-refractivity contribution in [3.8, 4) is 22.9 Å². The van der Waals surface area contributed by atoms with Gasteiger partial charge in [-0.15, -0.1) is 0 Å². The lowest BCUT2D eigenvalue weighted by molar-refractivity contribution is -0.124. The molecular formula is C29H25N3O5. The molecule has 0 aliphatic rings. The predicted molar refractivity (Wildman–Crippen MR) is 139 cm³/mol. The van der Waals surface area contributed by atoms with E-state index in [0.717, 1.165) is 11.1 Å². The largest absolute Gasteiger partial charge is 0.463 e. The minimum atomic E-state index is -0.949. The Balaban J connectivity index is 1.41. The minimum absolute atomic E-state index is 0.260. The van der Waals surface area contributed by atoms with E-state index in [1.807, 2.05) is 32.0 Å². The molecule has 0 aliphatic carbocycles. The Morgan fingerprint density at radius 3 is 2.05 bits per heavy atom. The molecule has 186 valence electrons. The van der Waals surface area contributed by atoms with Gasteiger partial charge < -0.3 is 18.9 Å². The molecule has 0 bridgehead atoms. The first-order valence-electron chi connectivity index (χ1n) is 11.9. The van der Waals surface area contributed by atoms with E-state index in [-0.39, 0.29) is 11.5 Å². The van der Waals surface area contributed by atoms with Crippen molar-refractivity contribution in [3.05, 3.63) is 89.9 Å². The topological polar surface area (TPSA) is 107 Å². The van der Waals surface area contributed by atoms with Gasteiger partial charge >= 0.3 is 5.97 Å². The van der Waals surface area contributed by atoms with E-state index in [4.69, 9.17) is 23.5 Å². The van der Waals surface area contributed by atoms with Gasteiger partial charge in [-0.2, -0.15) is 0 Å². The van der Waals surface area contributed by atoms with E-state index in [9.17, 15) is 9.59 Å². The Morgan fingerprint density at radius 2 is 1.49 bits per heavy atom. The minimum Gasteiger partial charge on any atom is -0.463 e. The highest BCUT2D eigenvalue weighted by Gasteiger charge is 2.23. The fourth-order valence-corrected chi connectivity index (χ4v) is 4.14. The van der Waals surface area contributed by atoms with Crippen LogP contribution in [0.25, 0.3) is 33.9 Å². The van der Waals surface area contributed by atoms with Gasteiger partial charge in [0, 0.05) is 5.69 Å². The number of furan rings is 2. The van der Waals surface area contributed by atoms with Gasteiger partial charge in [0.15, 0.2) is 17.6 Å². The number of nitrogens with zero attached hydrogens (tertiary/aromatic N) is 2. The number of anilines is 1. The van der Waals surface area contributed by atoms with Crippen LogP contribution in [0.1, 0.15) is 34.8 Å². The molecule has 1 atom stereocenters. The number of aryl methyl sites for hydroxylation is 2. The van der Waals surface area contributed by atoms with Crippen LogP contribution in [0.3, 0.4) is 0 Å². The van der Waals surface area contributed by atoms with Crippen LogP contribution in [-0.4, -0.2) is 27.9 Å². The van der Waals surface area contributed by atoms with Crippen molar-refractivity contribution in [1.82, 2.24) is 9.97 Å². The number of benzene rings is 2. The van der Waals surface area contributed by atoms with Crippen molar-refractivity contribution in [2.75, 3.05) is 5.32 Å². The molecule has 8 heteroatoms. The van der Waals surface area contributed by atoms with Crippen molar-refractivity contribution >= 4 is 28.6 Å². The van der Waals surface area contributed by atoms with Gasteiger partial charge in [0.05, 0.1) is 29.1 Å². The van der Waals surface area contributed by atoms with Crippen LogP contribution >= 0.6 is 0 Å². The molecule has 0 saturated carbocycles. The number of aromatic nitrogens is 2. The van der Waals surface area contributed by atoms with Gasteiger partial charge in [0.1, 0.15) is 11.4 Å². The van der Waals surface area contributed by atoms with Crippen molar-refractivity contribution < 1.29 is 23.2 Å². The van der Waals surface area contributed by atoms with Crippen LogP contribution in [0, 0.1) is 13.8 Å². The molecule has 3 aromatic heterocycles. The van der Waals surface area contributed by atoms with Crippen LogP contribution in [0.5, 0.6) is 0 Å². The average Bonchev–Trinajstić information content (AvgIpc) is 3.60. The van der Waals surface area contributed by atoms with Gasteiger partial charge in [-0.05, 0) is 86.0 Å². The molecule has 5 rings (SSSR count). The number of carbonyl (C=O) groups excluding carboxylic acids is 2. The van der Waals surface area contributed by atoms with Crippen LogP contribution in [0.15, 0.2) is 82.0 Å². The quantitative estimate of drug-likeness (QED) is 0.262. The van der Waals surface area contributed by atoms with Gasteiger partial charge in [0.25, 0.3) is 5.91 Å². The second-order valence-electron chi connectivity index (χ2n) is 8.75. The lowest BCUT2D eigenvalue weighted by atomic mass is 10.1. The maximum absolute atomic E-state index is 13.0. The summed E-state index contributed by atoms with van der Waals surface area (Å²) in [6.07, 6.45) is 2.49. The van der Waals surface area contributed by atoms with Crippen molar-refractivity contribution in [3.63, 3.8) is 0 Å². The molecule has 5 aromatic rings. The molecule has 0 fully saturated rings. The number of fused-ring (bicyclic) bond motifs is 1. The molecule has 37 heavy (non-hydrogen) atoms. The SMILES string of the molecule is CCC(OC(=O)c1ccc2nc(-c3ccco3)c(-c3ccco3)nc2c1)C(=O)Nc1cc(C)cc(C)c1. The number of nitrogens with one attached hydrogen (secondary N) is 1. The summed E-state index contributed by atoms with van der Waals surface area (Å²) in [7, 11) is 0.